The van der Waals surface area contributed by atoms with Gasteiger partial charge in [0.05, 0.1) is 0 Å². The summed E-state index contributed by atoms with van der Waals surface area (Å²) in [5.74, 6) is -0.0440. The minimum absolute atomic E-state index is 0.0440. The van der Waals surface area contributed by atoms with Crippen molar-refractivity contribution in [3.05, 3.63) is 65.7 Å². The summed E-state index contributed by atoms with van der Waals surface area (Å²) >= 11 is 0. The van der Waals surface area contributed by atoms with Crippen LogP contribution >= 0.6 is 0 Å². The van der Waals surface area contributed by atoms with Crippen LogP contribution in [0.3, 0.4) is 0 Å². The Labute approximate surface area is 166 Å². The van der Waals surface area contributed by atoms with Crippen molar-refractivity contribution in [2.45, 2.75) is 57.5 Å². The van der Waals surface area contributed by atoms with E-state index in [2.05, 4.69) is 28.1 Å². The lowest BCUT2D eigenvalue weighted by atomic mass is 10.1. The van der Waals surface area contributed by atoms with Crippen molar-refractivity contribution in [2.75, 3.05) is 5.32 Å². The number of urea groups is 1. The molecule has 1 aliphatic rings. The Hall–Kier alpha value is -2.82. The number of carbonyl (C=O) groups is 2. The molecule has 1 atom stereocenters. The molecule has 148 valence electrons. The maximum atomic E-state index is 12.3. The van der Waals surface area contributed by atoms with Crippen molar-refractivity contribution in [3.8, 4) is 0 Å². The van der Waals surface area contributed by atoms with Gasteiger partial charge in [0.25, 0.3) is 5.91 Å². The van der Waals surface area contributed by atoms with E-state index in [-0.39, 0.29) is 18.0 Å². The topological polar surface area (TPSA) is 70.2 Å². The third-order valence-corrected chi connectivity index (χ3v) is 5.18. The second-order valence-electron chi connectivity index (χ2n) is 7.56. The van der Waals surface area contributed by atoms with Gasteiger partial charge in [0, 0.05) is 23.3 Å². The molecular weight excluding hydrogens is 350 g/mol. The first kappa shape index (κ1) is 19.9. The summed E-state index contributed by atoms with van der Waals surface area (Å²) in [5.41, 5.74) is 2.56. The first-order chi connectivity index (χ1) is 13.6. The van der Waals surface area contributed by atoms with Crippen molar-refractivity contribution in [1.82, 2.24) is 10.6 Å². The number of anilines is 1. The Morgan fingerprint density at radius 2 is 1.68 bits per heavy atom. The molecule has 2 aromatic carbocycles. The van der Waals surface area contributed by atoms with Gasteiger partial charge in [-0.1, -0.05) is 43.2 Å². The summed E-state index contributed by atoms with van der Waals surface area (Å²) in [4.78, 5) is 24.4. The summed E-state index contributed by atoms with van der Waals surface area (Å²) < 4.78 is 0. The molecule has 5 nitrogen and oxygen atoms in total. The van der Waals surface area contributed by atoms with Crippen LogP contribution in [0.25, 0.3) is 0 Å². The summed E-state index contributed by atoms with van der Waals surface area (Å²) in [7, 11) is 0. The molecule has 0 aliphatic heterocycles. The molecule has 1 fully saturated rings. The van der Waals surface area contributed by atoms with E-state index in [1.54, 1.807) is 24.3 Å². The minimum Gasteiger partial charge on any atom is -0.349 e. The first-order valence-corrected chi connectivity index (χ1v) is 10.1. The van der Waals surface area contributed by atoms with Crippen LogP contribution in [0.5, 0.6) is 0 Å². The highest BCUT2D eigenvalue weighted by Gasteiger charge is 2.18. The fraction of sp³-hybridized carbons (Fsp3) is 0.391. The highest BCUT2D eigenvalue weighted by molar-refractivity contribution is 5.95. The van der Waals surface area contributed by atoms with Gasteiger partial charge < -0.3 is 16.0 Å². The number of carbonyl (C=O) groups excluding carboxylic acids is 2. The van der Waals surface area contributed by atoms with Crippen molar-refractivity contribution in [2.24, 2.45) is 0 Å². The van der Waals surface area contributed by atoms with Gasteiger partial charge in [-0.25, -0.2) is 4.79 Å². The normalized spacial score (nSPS) is 15.0. The Morgan fingerprint density at radius 1 is 1.00 bits per heavy atom. The Balaban J connectivity index is 1.42. The lowest BCUT2D eigenvalue weighted by Crippen LogP contribution is -2.36. The average molecular weight is 380 g/mol. The van der Waals surface area contributed by atoms with Crippen molar-refractivity contribution >= 4 is 17.6 Å². The minimum atomic E-state index is -0.233. The molecule has 28 heavy (non-hydrogen) atoms. The van der Waals surface area contributed by atoms with E-state index >= 15 is 0 Å². The maximum absolute atomic E-state index is 12.3. The third-order valence-electron chi connectivity index (χ3n) is 5.18. The number of amides is 3. The molecular formula is C23H29N3O2. The predicted molar refractivity (Wildman–Crippen MR) is 113 cm³/mol. The predicted octanol–water partition coefficient (Wildman–Crippen LogP) is 4.50. The zero-order valence-corrected chi connectivity index (χ0v) is 16.4. The molecule has 0 heterocycles. The molecule has 1 saturated carbocycles. The molecule has 0 aromatic heterocycles. The van der Waals surface area contributed by atoms with Crippen LogP contribution < -0.4 is 16.0 Å². The molecule has 1 aliphatic carbocycles. The quantitative estimate of drug-likeness (QED) is 0.663. The molecule has 0 saturated heterocycles. The van der Waals surface area contributed by atoms with E-state index in [1.165, 1.54) is 18.4 Å². The summed E-state index contributed by atoms with van der Waals surface area (Å²) in [6.45, 7) is 2.00. The smallest absolute Gasteiger partial charge is 0.319 e. The SMILES string of the molecule is CC(CCc1ccccc1)NC(=O)Nc1ccc(C(=O)NC2CCCC2)cc1. The van der Waals surface area contributed by atoms with Crippen LogP contribution in [0.4, 0.5) is 10.5 Å². The molecule has 3 amide bonds. The lowest BCUT2D eigenvalue weighted by molar-refractivity contribution is 0.0938. The van der Waals surface area contributed by atoms with Gasteiger partial charge in [-0.05, 0) is 62.4 Å². The van der Waals surface area contributed by atoms with Gasteiger partial charge in [-0.3, -0.25) is 4.79 Å². The molecule has 1 unspecified atom stereocenters. The monoisotopic (exact) mass is 379 g/mol. The highest BCUT2D eigenvalue weighted by atomic mass is 16.2. The molecule has 2 aromatic rings. The van der Waals surface area contributed by atoms with Gasteiger partial charge in [0.1, 0.15) is 0 Å². The van der Waals surface area contributed by atoms with Crippen LogP contribution in [-0.2, 0) is 6.42 Å². The summed E-state index contributed by atoms with van der Waals surface area (Å²) in [6.07, 6.45) is 6.30. The van der Waals surface area contributed by atoms with Crippen LogP contribution in [-0.4, -0.2) is 24.0 Å². The fourth-order valence-corrected chi connectivity index (χ4v) is 3.53. The molecule has 5 heteroatoms. The van der Waals surface area contributed by atoms with E-state index in [0.717, 1.165) is 25.7 Å². The molecule has 0 spiro atoms. The molecule has 3 N–H and O–H groups in total. The molecule has 0 bridgehead atoms. The van der Waals surface area contributed by atoms with Gasteiger partial charge in [0.2, 0.25) is 0 Å². The van der Waals surface area contributed by atoms with E-state index in [4.69, 9.17) is 0 Å². The first-order valence-electron chi connectivity index (χ1n) is 10.1. The second-order valence-corrected chi connectivity index (χ2v) is 7.56. The number of rotatable bonds is 7. The van der Waals surface area contributed by atoms with Crippen LogP contribution in [0, 0.1) is 0 Å². The molecule has 0 radical (unpaired) electrons. The third kappa shape index (κ3) is 6.12. The van der Waals surface area contributed by atoms with E-state index in [1.807, 2.05) is 25.1 Å². The average Bonchev–Trinajstić information content (AvgIpc) is 3.20. The zero-order chi connectivity index (χ0) is 19.8. The van der Waals surface area contributed by atoms with Crippen molar-refractivity contribution in [1.29, 1.82) is 0 Å². The van der Waals surface area contributed by atoms with Gasteiger partial charge >= 0.3 is 6.03 Å². The van der Waals surface area contributed by atoms with Gasteiger partial charge in [0.15, 0.2) is 0 Å². The largest absolute Gasteiger partial charge is 0.349 e. The summed E-state index contributed by atoms with van der Waals surface area (Å²) in [6, 6.07) is 17.4. The van der Waals surface area contributed by atoms with E-state index in [9.17, 15) is 9.59 Å². The number of hydrogen-bond donors (Lipinski definition) is 3. The van der Waals surface area contributed by atoms with E-state index < -0.39 is 0 Å². The second kappa shape index (κ2) is 9.93. The summed E-state index contributed by atoms with van der Waals surface area (Å²) in [5, 5.41) is 8.85. The Morgan fingerprint density at radius 3 is 2.36 bits per heavy atom. The number of aryl methyl sites for hydroxylation is 1. The Kier molecular flexibility index (Phi) is 7.06. The van der Waals surface area contributed by atoms with Gasteiger partial charge in [-0.15, -0.1) is 0 Å². The van der Waals surface area contributed by atoms with Crippen LogP contribution in [0.2, 0.25) is 0 Å². The number of hydrogen-bond acceptors (Lipinski definition) is 2. The molecule has 3 rings (SSSR count). The lowest BCUT2D eigenvalue weighted by Gasteiger charge is -2.15. The fourth-order valence-electron chi connectivity index (χ4n) is 3.53. The number of nitrogens with one attached hydrogen (secondary N) is 3. The zero-order valence-electron chi connectivity index (χ0n) is 16.4. The highest BCUT2D eigenvalue weighted by Crippen LogP contribution is 2.18. The van der Waals surface area contributed by atoms with Gasteiger partial charge in [-0.2, -0.15) is 0 Å². The standard InChI is InChI=1S/C23H29N3O2/c1-17(11-12-18-7-3-2-4-8-18)24-23(28)26-21-15-13-19(14-16-21)22(27)25-20-9-5-6-10-20/h2-4,7-8,13-17,20H,5-6,9-12H2,1H3,(H,25,27)(H2,24,26,28). The van der Waals surface area contributed by atoms with Crippen molar-refractivity contribution in [3.63, 3.8) is 0 Å². The maximum Gasteiger partial charge on any atom is 0.319 e. The van der Waals surface area contributed by atoms with Crippen LogP contribution in [0.1, 0.15) is 54.9 Å². The Bertz CT molecular complexity index is 768. The van der Waals surface area contributed by atoms with Crippen molar-refractivity contribution < 1.29 is 9.59 Å². The number of benzene rings is 2. The van der Waals surface area contributed by atoms with E-state index in [0.29, 0.717) is 17.3 Å². The van der Waals surface area contributed by atoms with Crippen LogP contribution in [0.15, 0.2) is 54.6 Å².